The summed E-state index contributed by atoms with van der Waals surface area (Å²) in [7, 11) is 0. The topological polar surface area (TPSA) is 56.3 Å². The van der Waals surface area contributed by atoms with Gasteiger partial charge in [-0.2, -0.15) is 9.97 Å². The van der Waals surface area contributed by atoms with Crippen LogP contribution in [0, 0.1) is 0 Å². The number of nitrogens with zero attached hydrogens (tertiary/aromatic N) is 4. The van der Waals surface area contributed by atoms with Gasteiger partial charge >= 0.3 is 0 Å². The van der Waals surface area contributed by atoms with Crippen molar-refractivity contribution in [2.24, 2.45) is 0 Å². The van der Waals surface area contributed by atoms with Crippen LogP contribution in [-0.4, -0.2) is 46.8 Å². The van der Waals surface area contributed by atoms with E-state index in [9.17, 15) is 0 Å². The van der Waals surface area contributed by atoms with E-state index in [1.807, 2.05) is 0 Å². The molecule has 1 aromatic rings. The van der Waals surface area contributed by atoms with Crippen molar-refractivity contribution in [3.63, 3.8) is 0 Å². The van der Waals surface area contributed by atoms with E-state index in [-0.39, 0.29) is 0 Å². The van der Waals surface area contributed by atoms with Crippen molar-refractivity contribution >= 4 is 34.9 Å². The van der Waals surface area contributed by atoms with Gasteiger partial charge in [-0.3, -0.25) is 0 Å². The number of piperidine rings is 2. The van der Waals surface area contributed by atoms with Crippen LogP contribution in [0.2, 0.25) is 0 Å². The molecule has 6 nitrogen and oxygen atoms in total. The number of anilines is 3. The lowest BCUT2D eigenvalue weighted by Gasteiger charge is -2.35. The molecule has 160 valence electrons. The van der Waals surface area contributed by atoms with E-state index in [2.05, 4.69) is 33.4 Å². The van der Waals surface area contributed by atoms with Crippen molar-refractivity contribution in [1.29, 1.82) is 0 Å². The van der Waals surface area contributed by atoms with Gasteiger partial charge in [-0.1, -0.05) is 19.3 Å². The number of hydrogen-bond acceptors (Lipinski definition) is 5. The predicted octanol–water partition coefficient (Wildman–Crippen LogP) is 4.46. The first-order chi connectivity index (χ1) is 14.2. The molecule has 3 fully saturated rings. The highest BCUT2D eigenvalue weighted by Crippen LogP contribution is 2.28. The number of thiocarbonyl (C=S) groups is 1. The van der Waals surface area contributed by atoms with Crippen LogP contribution >= 0.6 is 12.2 Å². The van der Waals surface area contributed by atoms with Crippen molar-refractivity contribution < 1.29 is 0 Å². The van der Waals surface area contributed by atoms with Gasteiger partial charge in [0, 0.05) is 37.8 Å². The Morgan fingerprint density at radius 3 is 2.31 bits per heavy atom. The lowest BCUT2D eigenvalue weighted by molar-refractivity contribution is 0.414. The highest BCUT2D eigenvalue weighted by molar-refractivity contribution is 7.80. The van der Waals surface area contributed by atoms with E-state index in [1.165, 1.54) is 70.6 Å². The van der Waals surface area contributed by atoms with Crippen LogP contribution in [0.25, 0.3) is 0 Å². The Labute approximate surface area is 180 Å². The zero-order chi connectivity index (χ0) is 20.1. The van der Waals surface area contributed by atoms with Crippen LogP contribution in [0.3, 0.4) is 0 Å². The van der Waals surface area contributed by atoms with Crippen LogP contribution in [0.15, 0.2) is 6.07 Å². The Morgan fingerprint density at radius 1 is 0.897 bits per heavy atom. The molecule has 1 aromatic heterocycles. The van der Waals surface area contributed by atoms with Gasteiger partial charge in [0.2, 0.25) is 5.95 Å². The third-order valence-electron chi connectivity index (χ3n) is 6.64. The molecule has 0 amide bonds. The van der Waals surface area contributed by atoms with Crippen LogP contribution in [0.5, 0.6) is 0 Å². The molecule has 7 heteroatoms. The average molecular weight is 417 g/mol. The molecule has 3 aliphatic rings. The molecule has 0 bridgehead atoms. The van der Waals surface area contributed by atoms with Crippen LogP contribution < -0.4 is 20.4 Å². The van der Waals surface area contributed by atoms with E-state index in [4.69, 9.17) is 22.2 Å². The molecule has 1 atom stereocenters. The zero-order valence-corrected chi connectivity index (χ0v) is 18.6. The predicted molar refractivity (Wildman–Crippen MR) is 125 cm³/mol. The summed E-state index contributed by atoms with van der Waals surface area (Å²) in [5.41, 5.74) is 0. The van der Waals surface area contributed by atoms with Gasteiger partial charge in [0.05, 0.1) is 0 Å². The molecular formula is C22H36N6S. The van der Waals surface area contributed by atoms with Gasteiger partial charge in [0.15, 0.2) is 5.11 Å². The summed E-state index contributed by atoms with van der Waals surface area (Å²) in [5.74, 6) is 2.71. The fourth-order valence-corrected chi connectivity index (χ4v) is 5.18. The average Bonchev–Trinajstić information content (AvgIpc) is 2.75. The van der Waals surface area contributed by atoms with Crippen molar-refractivity contribution in [2.45, 2.75) is 89.6 Å². The molecule has 2 N–H and O–H groups in total. The van der Waals surface area contributed by atoms with Crippen LogP contribution in [-0.2, 0) is 0 Å². The Balaban J connectivity index is 1.52. The summed E-state index contributed by atoms with van der Waals surface area (Å²) >= 11 is 5.61. The minimum Gasteiger partial charge on any atom is -0.360 e. The molecule has 3 heterocycles. The molecule has 0 radical (unpaired) electrons. The van der Waals surface area contributed by atoms with Crippen molar-refractivity contribution in [3.05, 3.63) is 6.07 Å². The third kappa shape index (κ3) is 5.50. The van der Waals surface area contributed by atoms with E-state index in [0.29, 0.717) is 23.1 Å². The van der Waals surface area contributed by atoms with Gasteiger partial charge in [-0.05, 0) is 70.5 Å². The SMILES string of the molecule is C[C@@H]1CCCCN1c1cc(N2CCCCC2)nc(NC(=S)NC2CCCCC2)n1. The second kappa shape index (κ2) is 9.92. The highest BCUT2D eigenvalue weighted by Gasteiger charge is 2.23. The Bertz CT molecular complexity index is 684. The first-order valence-electron chi connectivity index (χ1n) is 11.7. The van der Waals surface area contributed by atoms with Gasteiger partial charge in [-0.15, -0.1) is 0 Å². The number of rotatable bonds is 4. The van der Waals surface area contributed by atoms with Crippen molar-refractivity contribution in [3.8, 4) is 0 Å². The smallest absolute Gasteiger partial charge is 0.232 e. The molecule has 2 saturated heterocycles. The van der Waals surface area contributed by atoms with Gasteiger partial charge in [0.1, 0.15) is 11.6 Å². The Morgan fingerprint density at radius 2 is 1.55 bits per heavy atom. The number of hydrogen-bond donors (Lipinski definition) is 2. The highest BCUT2D eigenvalue weighted by atomic mass is 32.1. The lowest BCUT2D eigenvalue weighted by atomic mass is 9.96. The molecule has 1 saturated carbocycles. The molecule has 0 aromatic carbocycles. The minimum atomic E-state index is 0.482. The first kappa shape index (κ1) is 20.6. The first-order valence-corrected chi connectivity index (χ1v) is 12.1. The Kier molecular flexibility index (Phi) is 7.06. The summed E-state index contributed by atoms with van der Waals surface area (Å²) < 4.78 is 0. The van der Waals surface area contributed by atoms with Crippen LogP contribution in [0.4, 0.5) is 17.6 Å². The van der Waals surface area contributed by atoms with Gasteiger partial charge < -0.3 is 20.4 Å². The van der Waals surface area contributed by atoms with Crippen molar-refractivity contribution in [1.82, 2.24) is 15.3 Å². The minimum absolute atomic E-state index is 0.482. The molecule has 2 aliphatic heterocycles. The summed E-state index contributed by atoms with van der Waals surface area (Å²) in [5, 5.41) is 7.45. The fraction of sp³-hybridized carbons (Fsp3) is 0.773. The second-order valence-corrected chi connectivity index (χ2v) is 9.34. The van der Waals surface area contributed by atoms with E-state index < -0.39 is 0 Å². The fourth-order valence-electron chi connectivity index (χ4n) is 4.92. The summed E-state index contributed by atoms with van der Waals surface area (Å²) in [6, 6.07) is 3.19. The maximum Gasteiger partial charge on any atom is 0.232 e. The zero-order valence-electron chi connectivity index (χ0n) is 17.8. The summed E-state index contributed by atoms with van der Waals surface area (Å²) in [6.07, 6.45) is 13.9. The summed E-state index contributed by atoms with van der Waals surface area (Å²) in [4.78, 5) is 14.6. The largest absolute Gasteiger partial charge is 0.360 e. The lowest BCUT2D eigenvalue weighted by Crippen LogP contribution is -2.40. The Hall–Kier alpha value is -1.63. The molecule has 1 aliphatic carbocycles. The maximum absolute atomic E-state index is 5.61. The third-order valence-corrected chi connectivity index (χ3v) is 6.86. The monoisotopic (exact) mass is 416 g/mol. The molecule has 4 rings (SSSR count). The van der Waals surface area contributed by atoms with Gasteiger partial charge in [-0.25, -0.2) is 0 Å². The molecule has 0 spiro atoms. The van der Waals surface area contributed by atoms with Crippen LogP contribution in [0.1, 0.15) is 77.6 Å². The second-order valence-electron chi connectivity index (χ2n) is 8.93. The van der Waals surface area contributed by atoms with E-state index in [1.54, 1.807) is 0 Å². The van der Waals surface area contributed by atoms with Crippen molar-refractivity contribution in [2.75, 3.05) is 34.8 Å². The normalized spacial score (nSPS) is 23.7. The van der Waals surface area contributed by atoms with E-state index in [0.717, 1.165) is 31.3 Å². The number of aromatic nitrogens is 2. The van der Waals surface area contributed by atoms with E-state index >= 15 is 0 Å². The molecule has 0 unspecified atom stereocenters. The summed E-state index contributed by atoms with van der Waals surface area (Å²) in [6.45, 7) is 5.54. The quantitative estimate of drug-likeness (QED) is 0.703. The molecular weight excluding hydrogens is 380 g/mol. The number of nitrogens with one attached hydrogen (secondary N) is 2. The molecule has 29 heavy (non-hydrogen) atoms. The standard InChI is InChI=1S/C22H36N6S/c1-17-10-6-9-15-28(17)20-16-19(27-13-7-3-8-14-27)24-21(25-20)26-22(29)23-18-11-4-2-5-12-18/h16-18H,2-15H2,1H3,(H2,23,24,25,26,29)/t17-/m1/s1. The van der Waals surface area contributed by atoms with Gasteiger partial charge in [0.25, 0.3) is 0 Å². The maximum atomic E-state index is 5.61.